The van der Waals surface area contributed by atoms with Crippen LogP contribution in [-0.4, -0.2) is 44.5 Å². The van der Waals surface area contributed by atoms with Crippen LogP contribution < -0.4 is 15.6 Å². The summed E-state index contributed by atoms with van der Waals surface area (Å²) in [6.45, 7) is 0.294. The number of likely N-dealkylation sites (tertiary alicyclic amines) is 1. The minimum atomic E-state index is -4.48. The Labute approximate surface area is 234 Å². The SMILES string of the molecule is N[C@H]1CCN(C(=O)[C@@H](c2c(S(N)(=O)=O)ccc3cc(OC4CCCC4)ccc23)C(F)(F)c2ccc(Br)cc2)C1. The minimum absolute atomic E-state index is 0.0704. The summed E-state index contributed by atoms with van der Waals surface area (Å²) in [5.41, 5.74) is 5.24. The van der Waals surface area contributed by atoms with Crippen molar-refractivity contribution in [1.29, 1.82) is 0 Å². The van der Waals surface area contributed by atoms with Crippen LogP contribution in [0.25, 0.3) is 10.8 Å². The lowest BCUT2D eigenvalue weighted by Crippen LogP contribution is -2.42. The van der Waals surface area contributed by atoms with Crippen LogP contribution in [0.5, 0.6) is 5.75 Å². The summed E-state index contributed by atoms with van der Waals surface area (Å²) in [7, 11) is -4.48. The van der Waals surface area contributed by atoms with E-state index in [-0.39, 0.29) is 36.2 Å². The molecular formula is C28H30BrF2N3O4S. The van der Waals surface area contributed by atoms with E-state index in [1.807, 2.05) is 0 Å². The van der Waals surface area contributed by atoms with Crippen molar-refractivity contribution in [3.8, 4) is 5.75 Å². The Hall–Kier alpha value is -2.60. The van der Waals surface area contributed by atoms with E-state index in [4.69, 9.17) is 15.6 Å². The molecule has 1 saturated carbocycles. The van der Waals surface area contributed by atoms with E-state index in [9.17, 15) is 13.2 Å². The molecule has 7 nitrogen and oxygen atoms in total. The predicted octanol–water partition coefficient (Wildman–Crippen LogP) is 5.01. The lowest BCUT2D eigenvalue weighted by Gasteiger charge is -2.32. The Morgan fingerprint density at radius 1 is 1.05 bits per heavy atom. The zero-order valence-corrected chi connectivity index (χ0v) is 23.6. The third-order valence-electron chi connectivity index (χ3n) is 7.57. The number of fused-ring (bicyclic) bond motifs is 1. The molecule has 0 aromatic heterocycles. The van der Waals surface area contributed by atoms with Crippen molar-refractivity contribution in [1.82, 2.24) is 4.90 Å². The number of nitrogens with zero attached hydrogens (tertiary/aromatic N) is 1. The number of carbonyl (C=O) groups is 1. The number of primary sulfonamides is 1. The number of hydrogen-bond acceptors (Lipinski definition) is 5. The van der Waals surface area contributed by atoms with Gasteiger partial charge in [0.2, 0.25) is 15.9 Å². The van der Waals surface area contributed by atoms with Crippen molar-refractivity contribution in [3.63, 3.8) is 0 Å². The smallest absolute Gasteiger partial charge is 0.288 e. The van der Waals surface area contributed by atoms with E-state index >= 15 is 8.78 Å². The molecule has 5 rings (SSSR count). The van der Waals surface area contributed by atoms with Crippen molar-refractivity contribution in [3.05, 3.63) is 70.2 Å². The molecule has 0 bridgehead atoms. The number of amides is 1. The van der Waals surface area contributed by atoms with Crippen LogP contribution >= 0.6 is 15.9 Å². The van der Waals surface area contributed by atoms with E-state index < -0.39 is 38.2 Å². The van der Waals surface area contributed by atoms with Gasteiger partial charge in [0.05, 0.1) is 11.0 Å². The minimum Gasteiger partial charge on any atom is -0.490 e. The highest BCUT2D eigenvalue weighted by Crippen LogP contribution is 2.48. The molecule has 3 aromatic carbocycles. The summed E-state index contributed by atoms with van der Waals surface area (Å²) < 4.78 is 65.2. The number of carbonyl (C=O) groups excluding carboxylic acids is 1. The van der Waals surface area contributed by atoms with Crippen LogP contribution in [0.1, 0.15) is 49.1 Å². The topological polar surface area (TPSA) is 116 Å². The summed E-state index contributed by atoms with van der Waals surface area (Å²) in [4.78, 5) is 14.7. The number of sulfonamides is 1. The molecule has 2 atom stereocenters. The number of halogens is 3. The van der Waals surface area contributed by atoms with Gasteiger partial charge in [-0.1, -0.05) is 40.2 Å². The highest BCUT2D eigenvalue weighted by atomic mass is 79.9. The Morgan fingerprint density at radius 2 is 1.74 bits per heavy atom. The second-order valence-electron chi connectivity index (χ2n) is 10.3. The molecule has 0 radical (unpaired) electrons. The second kappa shape index (κ2) is 10.8. The lowest BCUT2D eigenvalue weighted by molar-refractivity contribution is -0.143. The van der Waals surface area contributed by atoms with Crippen LogP contribution in [0.2, 0.25) is 0 Å². The Kier molecular flexibility index (Phi) is 7.71. The van der Waals surface area contributed by atoms with Crippen molar-refractivity contribution in [2.24, 2.45) is 10.9 Å². The summed E-state index contributed by atoms with van der Waals surface area (Å²) in [6.07, 6.45) is 4.55. The largest absolute Gasteiger partial charge is 0.490 e. The van der Waals surface area contributed by atoms with Gasteiger partial charge >= 0.3 is 0 Å². The van der Waals surface area contributed by atoms with Gasteiger partial charge in [0, 0.05) is 29.2 Å². The first-order valence-electron chi connectivity index (χ1n) is 12.9. The molecule has 1 aliphatic carbocycles. The third kappa shape index (κ3) is 5.68. The highest BCUT2D eigenvalue weighted by molar-refractivity contribution is 9.10. The number of benzene rings is 3. The zero-order valence-electron chi connectivity index (χ0n) is 21.2. The molecule has 2 aliphatic rings. The molecular weight excluding hydrogens is 592 g/mol. The Balaban J connectivity index is 1.72. The van der Waals surface area contributed by atoms with Gasteiger partial charge in [-0.05, 0) is 78.8 Å². The number of hydrogen-bond donors (Lipinski definition) is 2. The molecule has 39 heavy (non-hydrogen) atoms. The number of rotatable bonds is 7. The molecule has 1 amide bonds. The van der Waals surface area contributed by atoms with Crippen molar-refractivity contribution in [2.75, 3.05) is 13.1 Å². The third-order valence-corrected chi connectivity index (χ3v) is 9.07. The molecule has 1 saturated heterocycles. The quantitative estimate of drug-likeness (QED) is 0.385. The van der Waals surface area contributed by atoms with Gasteiger partial charge in [0.1, 0.15) is 11.7 Å². The van der Waals surface area contributed by atoms with Gasteiger partial charge in [-0.3, -0.25) is 4.79 Å². The highest BCUT2D eigenvalue weighted by Gasteiger charge is 2.51. The standard InChI is InChI=1S/C28H30BrF2N3O4S/c29-19-8-6-18(7-9-19)28(30,31)26(27(35)34-14-13-20(32)16-34)25-23-11-10-22(38-21-3-1-2-4-21)15-17(23)5-12-24(25)39(33,36)37/h5-12,15,20-21,26H,1-4,13-14,16,32H2,(H2,33,36,37)/t20-,26+/m0/s1. The van der Waals surface area contributed by atoms with Gasteiger partial charge < -0.3 is 15.4 Å². The first-order valence-corrected chi connectivity index (χ1v) is 15.2. The van der Waals surface area contributed by atoms with Crippen molar-refractivity contribution >= 4 is 42.6 Å². The lowest BCUT2D eigenvalue weighted by atomic mass is 9.84. The zero-order chi connectivity index (χ0) is 27.9. The van der Waals surface area contributed by atoms with Gasteiger partial charge in [0.15, 0.2) is 0 Å². The molecule has 0 unspecified atom stereocenters. The van der Waals surface area contributed by atoms with Crippen LogP contribution in [0.3, 0.4) is 0 Å². The number of ether oxygens (including phenoxy) is 1. The van der Waals surface area contributed by atoms with Gasteiger partial charge in [-0.2, -0.15) is 0 Å². The van der Waals surface area contributed by atoms with Crippen molar-refractivity contribution in [2.45, 2.75) is 61.0 Å². The van der Waals surface area contributed by atoms with Crippen LogP contribution in [0, 0.1) is 0 Å². The van der Waals surface area contributed by atoms with Gasteiger partial charge in [0.25, 0.3) is 5.92 Å². The fourth-order valence-electron chi connectivity index (χ4n) is 5.60. The van der Waals surface area contributed by atoms with E-state index in [1.165, 1.54) is 47.4 Å². The van der Waals surface area contributed by atoms with Gasteiger partial charge in [-0.25, -0.2) is 22.3 Å². The first-order chi connectivity index (χ1) is 18.4. The normalized spacial score (nSPS) is 19.5. The summed E-state index contributed by atoms with van der Waals surface area (Å²) in [5, 5.41) is 6.22. The fourth-order valence-corrected chi connectivity index (χ4v) is 6.65. The molecule has 11 heteroatoms. The van der Waals surface area contributed by atoms with Crippen molar-refractivity contribution < 1.29 is 26.7 Å². The summed E-state index contributed by atoms with van der Waals surface area (Å²) in [6, 6.07) is 12.5. The van der Waals surface area contributed by atoms with E-state index in [0.717, 1.165) is 25.7 Å². The molecule has 3 aromatic rings. The Bertz CT molecular complexity index is 1490. The maximum absolute atomic E-state index is 16.5. The average molecular weight is 623 g/mol. The number of alkyl halides is 2. The van der Waals surface area contributed by atoms with E-state index in [0.29, 0.717) is 22.0 Å². The predicted molar refractivity (Wildman–Crippen MR) is 148 cm³/mol. The molecule has 1 aliphatic heterocycles. The van der Waals surface area contributed by atoms with E-state index in [2.05, 4.69) is 15.9 Å². The molecule has 4 N–H and O–H groups in total. The monoisotopic (exact) mass is 621 g/mol. The van der Waals surface area contributed by atoms with Crippen LogP contribution in [0.15, 0.2) is 64.0 Å². The van der Waals surface area contributed by atoms with Crippen LogP contribution in [0.4, 0.5) is 8.78 Å². The fraction of sp³-hybridized carbons (Fsp3) is 0.393. The Morgan fingerprint density at radius 3 is 2.36 bits per heavy atom. The van der Waals surface area contributed by atoms with Crippen LogP contribution in [-0.2, 0) is 20.7 Å². The molecule has 1 heterocycles. The second-order valence-corrected chi connectivity index (χ2v) is 12.8. The summed E-state index contributed by atoms with van der Waals surface area (Å²) in [5.74, 6) is -6.30. The maximum Gasteiger partial charge on any atom is 0.288 e. The molecule has 208 valence electrons. The maximum atomic E-state index is 16.5. The number of nitrogens with two attached hydrogens (primary N) is 2. The molecule has 0 spiro atoms. The average Bonchev–Trinajstić information content (AvgIpc) is 3.55. The molecule has 2 fully saturated rings. The van der Waals surface area contributed by atoms with Gasteiger partial charge in [-0.15, -0.1) is 0 Å². The van der Waals surface area contributed by atoms with E-state index in [1.54, 1.807) is 12.1 Å². The summed E-state index contributed by atoms with van der Waals surface area (Å²) >= 11 is 3.25. The first kappa shape index (κ1) is 27.9.